The molecule has 0 spiro atoms. The van der Waals surface area contributed by atoms with Crippen molar-refractivity contribution in [2.75, 3.05) is 0 Å². The molecule has 0 bridgehead atoms. The van der Waals surface area contributed by atoms with Gasteiger partial charge in [-0.3, -0.25) is 6.08 Å². The summed E-state index contributed by atoms with van der Waals surface area (Å²) < 4.78 is 0. The van der Waals surface area contributed by atoms with E-state index in [4.69, 9.17) is 0 Å². The van der Waals surface area contributed by atoms with Gasteiger partial charge in [0.2, 0.25) is 0 Å². The van der Waals surface area contributed by atoms with Crippen molar-refractivity contribution >= 4 is 0 Å². The molecule has 47 valence electrons. The fourth-order valence-electron chi connectivity index (χ4n) is 0.891. The molecular weight excluding hydrogens is 185 g/mol. The van der Waals surface area contributed by atoms with Crippen molar-refractivity contribution in [3.63, 3.8) is 0 Å². The summed E-state index contributed by atoms with van der Waals surface area (Å²) in [6.07, 6.45) is 11.1. The third-order valence-electron chi connectivity index (χ3n) is 1.29. The van der Waals surface area contributed by atoms with Gasteiger partial charge in [-0.05, 0) is 0 Å². The van der Waals surface area contributed by atoms with Gasteiger partial charge in [-0.2, -0.15) is 6.08 Å². The van der Waals surface area contributed by atoms with Crippen molar-refractivity contribution in [3.8, 4) is 0 Å². The quantitative estimate of drug-likeness (QED) is 0.595. The molecule has 0 heterocycles. The van der Waals surface area contributed by atoms with Gasteiger partial charge in [-0.15, -0.1) is 6.42 Å². The molecule has 0 aromatic carbocycles. The Morgan fingerprint density at radius 1 is 1.67 bits per heavy atom. The average Bonchev–Trinajstić information content (AvgIpc) is 2.19. The molecule has 0 aromatic rings. The number of rotatable bonds is 2. The van der Waals surface area contributed by atoms with Crippen LogP contribution in [0.5, 0.6) is 0 Å². The van der Waals surface area contributed by atoms with Crippen LogP contribution in [0.25, 0.3) is 0 Å². The Morgan fingerprint density at radius 2 is 2.44 bits per heavy atom. The summed E-state index contributed by atoms with van der Waals surface area (Å²) in [6.45, 7) is 2.20. The minimum atomic E-state index is 0. The molecule has 1 heteroatoms. The zero-order valence-corrected chi connectivity index (χ0v) is 8.69. The van der Waals surface area contributed by atoms with Crippen LogP contribution in [0.2, 0.25) is 0 Å². The van der Waals surface area contributed by atoms with E-state index in [0.29, 0.717) is 0 Å². The second kappa shape index (κ2) is 5.38. The van der Waals surface area contributed by atoms with Crippen LogP contribution in [0, 0.1) is 6.08 Å². The maximum absolute atomic E-state index is 3.26. The fourth-order valence-corrected chi connectivity index (χ4v) is 0.891. The van der Waals surface area contributed by atoms with Gasteiger partial charge in [0.25, 0.3) is 0 Å². The number of hydrogen-bond donors (Lipinski definition) is 0. The molecule has 1 aliphatic carbocycles. The average molecular weight is 196 g/mol. The fraction of sp³-hybridized carbons (Fsp3) is 0.500. The molecule has 0 nitrogen and oxygen atoms in total. The second-order valence-corrected chi connectivity index (χ2v) is 2.06. The van der Waals surface area contributed by atoms with E-state index in [1.54, 1.807) is 0 Å². The second-order valence-electron chi connectivity index (χ2n) is 2.06. The molecule has 0 unspecified atom stereocenters. The van der Waals surface area contributed by atoms with Gasteiger partial charge in [0.15, 0.2) is 0 Å². The van der Waals surface area contributed by atoms with E-state index < -0.39 is 0 Å². The van der Waals surface area contributed by atoms with Crippen molar-refractivity contribution < 1.29 is 32.7 Å². The number of allylic oxidation sites excluding steroid dienone is 4. The minimum absolute atomic E-state index is 0. The molecule has 0 amide bonds. The van der Waals surface area contributed by atoms with Gasteiger partial charge in [-0.25, -0.2) is 11.6 Å². The molecule has 1 rings (SSSR count). The Kier molecular flexibility index (Phi) is 5.72. The Hall–Kier alpha value is 0.584. The van der Waals surface area contributed by atoms with Crippen molar-refractivity contribution in [1.82, 2.24) is 0 Å². The van der Waals surface area contributed by atoms with Gasteiger partial charge >= 0.3 is 0 Å². The smallest absolute Gasteiger partial charge is 0 e. The third kappa shape index (κ3) is 3.32. The Labute approximate surface area is 82.3 Å². The van der Waals surface area contributed by atoms with Crippen molar-refractivity contribution in [3.05, 3.63) is 23.8 Å². The van der Waals surface area contributed by atoms with Crippen LogP contribution in [-0.4, -0.2) is 0 Å². The van der Waals surface area contributed by atoms with Crippen LogP contribution < -0.4 is 0 Å². The van der Waals surface area contributed by atoms with E-state index in [-0.39, 0.29) is 32.7 Å². The molecule has 0 aromatic heterocycles. The van der Waals surface area contributed by atoms with Crippen molar-refractivity contribution in [1.29, 1.82) is 0 Å². The predicted octanol–water partition coefficient (Wildman–Crippen LogP) is 2.47. The first kappa shape index (κ1) is 9.58. The first-order valence-electron chi connectivity index (χ1n) is 3.19. The Bertz CT molecular complexity index is 123. The predicted molar refractivity (Wildman–Crippen MR) is 35.4 cm³/mol. The third-order valence-corrected chi connectivity index (χ3v) is 1.29. The van der Waals surface area contributed by atoms with Crippen LogP contribution in [0.15, 0.2) is 17.7 Å². The summed E-state index contributed by atoms with van der Waals surface area (Å²) >= 11 is 0. The summed E-state index contributed by atoms with van der Waals surface area (Å²) in [5.41, 5.74) is 1.40. The first-order valence-corrected chi connectivity index (χ1v) is 3.19. The van der Waals surface area contributed by atoms with Crippen LogP contribution in [0.3, 0.4) is 0 Å². The van der Waals surface area contributed by atoms with E-state index in [1.165, 1.54) is 18.4 Å². The van der Waals surface area contributed by atoms with Crippen LogP contribution >= 0.6 is 0 Å². The molecule has 1 aliphatic rings. The zero-order chi connectivity index (χ0) is 5.82. The van der Waals surface area contributed by atoms with Crippen LogP contribution in [-0.2, 0) is 32.7 Å². The standard InChI is InChI=1S/C8H11.Y/c1-2-5-8-6-3-4-7-8;/h3,6H,2,4-5H2,1H3;/q-1;. The van der Waals surface area contributed by atoms with Crippen molar-refractivity contribution in [2.24, 2.45) is 0 Å². The summed E-state index contributed by atoms with van der Waals surface area (Å²) in [4.78, 5) is 0. The summed E-state index contributed by atoms with van der Waals surface area (Å²) in [6, 6.07) is 0. The number of hydrogen-bond acceptors (Lipinski definition) is 0. The molecule has 0 saturated carbocycles. The van der Waals surface area contributed by atoms with E-state index in [0.717, 1.165) is 6.42 Å². The largest absolute Gasteiger partial charge is 0.269 e. The molecule has 9 heavy (non-hydrogen) atoms. The van der Waals surface area contributed by atoms with E-state index >= 15 is 0 Å². The monoisotopic (exact) mass is 196 g/mol. The summed E-state index contributed by atoms with van der Waals surface area (Å²) in [5, 5.41) is 0. The molecule has 0 aliphatic heterocycles. The Balaban J connectivity index is 0.000000640. The normalized spacial score (nSPS) is 15.0. The van der Waals surface area contributed by atoms with Gasteiger partial charge in [0.1, 0.15) is 0 Å². The van der Waals surface area contributed by atoms with Gasteiger partial charge in [-0.1, -0.05) is 19.8 Å². The minimum Gasteiger partial charge on any atom is -0.269 e. The van der Waals surface area contributed by atoms with Gasteiger partial charge in [0.05, 0.1) is 0 Å². The molecular formula is C8H11Y-. The maximum Gasteiger partial charge on any atom is 0 e. The molecule has 0 saturated heterocycles. The van der Waals surface area contributed by atoms with Crippen LogP contribution in [0.1, 0.15) is 26.2 Å². The topological polar surface area (TPSA) is 0 Å². The van der Waals surface area contributed by atoms with E-state index in [2.05, 4.69) is 25.2 Å². The van der Waals surface area contributed by atoms with Gasteiger partial charge < -0.3 is 0 Å². The SMILES string of the molecule is CCCC1=[C-]CC=C1.[Y]. The molecule has 1 radical (unpaired) electrons. The Morgan fingerprint density at radius 3 is 2.89 bits per heavy atom. The van der Waals surface area contributed by atoms with E-state index in [1.807, 2.05) is 0 Å². The van der Waals surface area contributed by atoms with Crippen molar-refractivity contribution in [2.45, 2.75) is 26.2 Å². The summed E-state index contributed by atoms with van der Waals surface area (Å²) in [7, 11) is 0. The molecule has 0 atom stereocenters. The molecule has 0 N–H and O–H groups in total. The molecule has 0 fully saturated rings. The first-order chi connectivity index (χ1) is 3.93. The van der Waals surface area contributed by atoms with Gasteiger partial charge in [0, 0.05) is 32.7 Å². The summed E-state index contributed by atoms with van der Waals surface area (Å²) in [5.74, 6) is 0. The maximum atomic E-state index is 3.26. The van der Waals surface area contributed by atoms with E-state index in [9.17, 15) is 0 Å². The van der Waals surface area contributed by atoms with Crippen LogP contribution in [0.4, 0.5) is 0 Å². The zero-order valence-electron chi connectivity index (χ0n) is 5.85.